The monoisotopic (exact) mass is 278 g/mol. The summed E-state index contributed by atoms with van der Waals surface area (Å²) in [6.45, 7) is 12.3. The average Bonchev–Trinajstić information content (AvgIpc) is 2.33. The van der Waals surface area contributed by atoms with Crippen LogP contribution >= 0.6 is 0 Å². The van der Waals surface area contributed by atoms with Crippen LogP contribution in [0.3, 0.4) is 0 Å². The Balaban J connectivity index is 2.54. The van der Waals surface area contributed by atoms with Crippen molar-refractivity contribution in [2.75, 3.05) is 0 Å². The first-order valence-corrected chi connectivity index (χ1v) is 7.76. The zero-order valence-corrected chi connectivity index (χ0v) is 13.5. The first-order chi connectivity index (χ1) is 9.25. The highest BCUT2D eigenvalue weighted by atomic mass is 16.3. The third-order valence-electron chi connectivity index (χ3n) is 4.81. The van der Waals surface area contributed by atoms with Crippen LogP contribution in [0.5, 0.6) is 0 Å². The number of Topliss-reactive ketones (excluding diaryl/α,β-unsaturated/α-hetero) is 1. The third kappa shape index (κ3) is 4.59. The number of aliphatic hydroxyl groups is 1. The molecule has 0 aromatic rings. The van der Waals surface area contributed by atoms with Crippen LogP contribution in [0.2, 0.25) is 0 Å². The van der Waals surface area contributed by atoms with Gasteiger partial charge in [0.1, 0.15) is 5.78 Å². The Bertz CT molecular complexity index is 390. The minimum absolute atomic E-state index is 0.0744. The first kappa shape index (κ1) is 17.2. The quantitative estimate of drug-likeness (QED) is 0.729. The van der Waals surface area contributed by atoms with Crippen molar-refractivity contribution in [2.24, 2.45) is 11.3 Å². The topological polar surface area (TPSA) is 37.3 Å². The lowest BCUT2D eigenvalue weighted by molar-refractivity contribution is -0.116. The first-order valence-electron chi connectivity index (χ1n) is 7.76. The number of ketones is 1. The van der Waals surface area contributed by atoms with Crippen LogP contribution in [0.1, 0.15) is 66.2 Å². The molecule has 2 unspecified atom stereocenters. The normalized spacial score (nSPS) is 26.6. The summed E-state index contributed by atoms with van der Waals surface area (Å²) in [5.41, 5.74) is 2.56. The van der Waals surface area contributed by atoms with Crippen LogP contribution in [0.25, 0.3) is 0 Å². The van der Waals surface area contributed by atoms with E-state index in [1.165, 1.54) is 11.1 Å². The predicted octanol–water partition coefficient (Wildman–Crippen LogP) is 4.44. The van der Waals surface area contributed by atoms with Gasteiger partial charge < -0.3 is 9.90 Å². The molecule has 2 atom stereocenters. The molecule has 0 aromatic carbocycles. The largest absolute Gasteiger partial charge is 0.393 e. The van der Waals surface area contributed by atoms with Gasteiger partial charge in [0, 0.05) is 6.42 Å². The number of hydrogen-bond donors (Lipinski definition) is 1. The minimum Gasteiger partial charge on any atom is -0.393 e. The number of allylic oxidation sites excluding steroid dienone is 3. The van der Waals surface area contributed by atoms with Gasteiger partial charge in [0.2, 0.25) is 0 Å². The Morgan fingerprint density at radius 1 is 1.40 bits per heavy atom. The molecular formula is C18H30O2. The molecule has 1 aliphatic carbocycles. The summed E-state index contributed by atoms with van der Waals surface area (Å²) in [5, 5.41) is 10.2. The molecule has 1 saturated carbocycles. The maximum Gasteiger partial charge on any atom is 0.130 e. The second-order valence-corrected chi connectivity index (χ2v) is 6.92. The van der Waals surface area contributed by atoms with Crippen LogP contribution in [0, 0.1) is 11.3 Å². The predicted molar refractivity (Wildman–Crippen MR) is 84.6 cm³/mol. The number of rotatable bonds is 6. The van der Waals surface area contributed by atoms with E-state index in [0.29, 0.717) is 12.3 Å². The Morgan fingerprint density at radius 2 is 2.05 bits per heavy atom. The highest BCUT2D eigenvalue weighted by Gasteiger charge is 2.40. The number of aliphatic hydroxyl groups excluding tert-OH is 1. The summed E-state index contributed by atoms with van der Waals surface area (Å²) in [7, 11) is 0. The molecule has 0 amide bonds. The van der Waals surface area contributed by atoms with Crippen molar-refractivity contribution in [3.05, 3.63) is 23.8 Å². The van der Waals surface area contributed by atoms with E-state index in [-0.39, 0.29) is 17.3 Å². The molecular weight excluding hydrogens is 248 g/mol. The summed E-state index contributed by atoms with van der Waals surface area (Å²) in [4.78, 5) is 10.9. The van der Waals surface area contributed by atoms with Gasteiger partial charge in [0.25, 0.3) is 0 Å². The van der Waals surface area contributed by atoms with Crippen molar-refractivity contribution in [3.63, 3.8) is 0 Å². The van der Waals surface area contributed by atoms with E-state index in [0.717, 1.165) is 32.1 Å². The smallest absolute Gasteiger partial charge is 0.130 e. The number of carbonyl (C=O) groups excluding carboxylic acids is 1. The summed E-state index contributed by atoms with van der Waals surface area (Å²) < 4.78 is 0. The molecule has 114 valence electrons. The fraction of sp³-hybridized carbons (Fsp3) is 0.722. The molecule has 1 rings (SSSR count). The summed E-state index contributed by atoms with van der Waals surface area (Å²) in [6.07, 6.45) is 7.30. The Kier molecular flexibility index (Phi) is 6.19. The van der Waals surface area contributed by atoms with Gasteiger partial charge in [-0.05, 0) is 57.3 Å². The minimum atomic E-state index is -0.222. The van der Waals surface area contributed by atoms with Crippen molar-refractivity contribution in [2.45, 2.75) is 72.3 Å². The van der Waals surface area contributed by atoms with E-state index in [9.17, 15) is 9.90 Å². The van der Waals surface area contributed by atoms with Crippen LogP contribution in [-0.2, 0) is 4.79 Å². The second kappa shape index (κ2) is 7.21. The van der Waals surface area contributed by atoms with Crippen LogP contribution in [0.4, 0.5) is 0 Å². The van der Waals surface area contributed by atoms with Crippen molar-refractivity contribution < 1.29 is 9.90 Å². The molecule has 2 heteroatoms. The lowest BCUT2D eigenvalue weighted by atomic mass is 9.63. The SMILES string of the molecule is C=C1CCC(O)C(C)(C)C1CCC(C)=CCCC(C)=O. The van der Waals surface area contributed by atoms with Gasteiger partial charge in [0.15, 0.2) is 0 Å². The van der Waals surface area contributed by atoms with E-state index >= 15 is 0 Å². The lowest BCUT2D eigenvalue weighted by Gasteiger charge is -2.44. The van der Waals surface area contributed by atoms with Crippen molar-refractivity contribution in [1.29, 1.82) is 0 Å². The van der Waals surface area contributed by atoms with Gasteiger partial charge in [-0.2, -0.15) is 0 Å². The Labute approximate surface area is 124 Å². The molecule has 0 bridgehead atoms. The van der Waals surface area contributed by atoms with E-state index in [4.69, 9.17) is 0 Å². The molecule has 0 aromatic heterocycles. The molecule has 0 spiro atoms. The van der Waals surface area contributed by atoms with Crippen molar-refractivity contribution in [3.8, 4) is 0 Å². The highest BCUT2D eigenvalue weighted by molar-refractivity contribution is 5.75. The van der Waals surface area contributed by atoms with Gasteiger partial charge in [-0.1, -0.05) is 37.6 Å². The lowest BCUT2D eigenvalue weighted by Crippen LogP contribution is -2.41. The number of hydrogen-bond acceptors (Lipinski definition) is 2. The zero-order valence-electron chi connectivity index (χ0n) is 13.5. The summed E-state index contributed by atoms with van der Waals surface area (Å²) in [6, 6.07) is 0. The van der Waals surface area contributed by atoms with Crippen LogP contribution in [0.15, 0.2) is 23.8 Å². The summed E-state index contributed by atoms with van der Waals surface area (Å²) >= 11 is 0. The Morgan fingerprint density at radius 3 is 2.65 bits per heavy atom. The number of carbonyl (C=O) groups is 1. The standard InChI is InChI=1S/C18H30O2/c1-13(7-6-8-15(3)19)9-11-16-14(2)10-12-17(20)18(16,4)5/h7,16-17,20H,2,6,8-12H2,1,3-5H3. The fourth-order valence-corrected chi connectivity index (χ4v) is 3.20. The molecule has 0 aliphatic heterocycles. The molecule has 0 radical (unpaired) electrons. The maximum absolute atomic E-state index is 10.9. The van der Waals surface area contributed by atoms with Gasteiger partial charge in [-0.3, -0.25) is 0 Å². The van der Waals surface area contributed by atoms with E-state index in [1.807, 2.05) is 0 Å². The van der Waals surface area contributed by atoms with E-state index in [1.54, 1.807) is 6.92 Å². The second-order valence-electron chi connectivity index (χ2n) is 6.92. The molecule has 1 N–H and O–H groups in total. The van der Waals surface area contributed by atoms with Crippen molar-refractivity contribution >= 4 is 5.78 Å². The molecule has 1 fully saturated rings. The Hall–Kier alpha value is -0.890. The van der Waals surface area contributed by atoms with E-state index in [2.05, 4.69) is 33.4 Å². The van der Waals surface area contributed by atoms with Crippen LogP contribution in [-0.4, -0.2) is 17.0 Å². The maximum atomic E-state index is 10.9. The van der Waals surface area contributed by atoms with Gasteiger partial charge >= 0.3 is 0 Å². The highest BCUT2D eigenvalue weighted by Crippen LogP contribution is 2.45. The molecule has 20 heavy (non-hydrogen) atoms. The summed E-state index contributed by atoms with van der Waals surface area (Å²) in [5.74, 6) is 0.640. The molecule has 0 saturated heterocycles. The molecule has 0 heterocycles. The van der Waals surface area contributed by atoms with Gasteiger partial charge in [-0.15, -0.1) is 0 Å². The average molecular weight is 278 g/mol. The fourth-order valence-electron chi connectivity index (χ4n) is 3.20. The van der Waals surface area contributed by atoms with Crippen LogP contribution < -0.4 is 0 Å². The molecule has 2 nitrogen and oxygen atoms in total. The van der Waals surface area contributed by atoms with Crippen molar-refractivity contribution in [1.82, 2.24) is 0 Å². The zero-order chi connectivity index (χ0) is 15.3. The van der Waals surface area contributed by atoms with E-state index < -0.39 is 0 Å². The molecule has 1 aliphatic rings. The third-order valence-corrected chi connectivity index (χ3v) is 4.81. The van der Waals surface area contributed by atoms with Gasteiger partial charge in [-0.25, -0.2) is 0 Å². The van der Waals surface area contributed by atoms with Gasteiger partial charge in [0.05, 0.1) is 6.10 Å².